The standard InChI is InChI=1S/F4HP.K/c1-5(2,3)4;/h5H;/q-1;+1. The third-order valence-corrected chi connectivity index (χ3v) is 0. The van der Waals surface area contributed by atoms with Crippen molar-refractivity contribution in [3.63, 3.8) is 0 Å². The van der Waals surface area contributed by atoms with E-state index in [1.54, 1.807) is 0 Å². The largest absolute Gasteiger partial charge is 1.00 e. The molecule has 0 aromatic carbocycles. The van der Waals surface area contributed by atoms with Crippen molar-refractivity contribution in [2.75, 3.05) is 0 Å². The summed E-state index contributed by atoms with van der Waals surface area (Å²) in [5.74, 6) is 0. The van der Waals surface area contributed by atoms with Crippen LogP contribution in [0.4, 0.5) is 16.8 Å². The fourth-order valence-corrected chi connectivity index (χ4v) is 0. The van der Waals surface area contributed by atoms with Crippen LogP contribution in [-0.2, 0) is 0 Å². The normalized spacial score (nSPS) is 12.7. The maximum absolute atomic E-state index is 9.83. The van der Waals surface area contributed by atoms with E-state index in [0.717, 1.165) is 0 Å². The van der Waals surface area contributed by atoms with Crippen LogP contribution in [0.25, 0.3) is 0 Å². The van der Waals surface area contributed by atoms with Crippen LogP contribution in [0.2, 0.25) is 0 Å². The molecule has 0 aliphatic carbocycles. The minimum Gasteiger partial charge on any atom is 1.00 e. The first-order chi connectivity index (χ1) is 2.00. The van der Waals surface area contributed by atoms with Gasteiger partial charge in [-0.1, -0.05) is 0 Å². The van der Waals surface area contributed by atoms with Gasteiger partial charge in [-0.15, -0.1) is 0 Å². The second-order valence-corrected chi connectivity index (χ2v) is 1.29. The zero-order valence-electron chi connectivity index (χ0n) is 3.01. The first-order valence-corrected chi connectivity index (χ1v) is 2.27. The fraction of sp³-hybridized carbons (Fsp3) is 0. The summed E-state index contributed by atoms with van der Waals surface area (Å²) in [6, 6.07) is 0. The monoisotopic (exact) mass is 147 g/mol. The van der Waals surface area contributed by atoms with E-state index in [9.17, 15) is 16.8 Å². The van der Waals surface area contributed by atoms with Crippen molar-refractivity contribution in [1.29, 1.82) is 0 Å². The number of hydrogen-bond acceptors (Lipinski definition) is 0. The molecule has 0 fully saturated rings. The van der Waals surface area contributed by atoms with Crippen LogP contribution in [-0.4, -0.2) is 0 Å². The molecule has 0 aromatic rings. The Balaban J connectivity index is 0. The molecule has 0 saturated heterocycles. The van der Waals surface area contributed by atoms with Gasteiger partial charge in [0.2, 0.25) is 0 Å². The third-order valence-electron chi connectivity index (χ3n) is 0. The number of rotatable bonds is 0. The molecule has 0 aliphatic heterocycles. The Kier molecular flexibility index (Phi) is 6.69. The molecule has 0 unspecified atom stereocenters. The Morgan fingerprint density at radius 1 is 0.833 bits per heavy atom. The van der Waals surface area contributed by atoms with Gasteiger partial charge in [-0.3, -0.25) is 0 Å². The van der Waals surface area contributed by atoms with Crippen molar-refractivity contribution in [2.45, 2.75) is 0 Å². The molecular formula is HF4KP. The SMILES string of the molecule is F[PH-](F)(F)F.[K+]. The van der Waals surface area contributed by atoms with Crippen molar-refractivity contribution >= 4 is 8.51 Å². The summed E-state index contributed by atoms with van der Waals surface area (Å²) in [5.41, 5.74) is 0. The third kappa shape index (κ3) is 41.5. The summed E-state index contributed by atoms with van der Waals surface area (Å²) >= 11 is 0. The summed E-state index contributed by atoms with van der Waals surface area (Å²) in [6.45, 7) is 0. The van der Waals surface area contributed by atoms with Gasteiger partial charge < -0.3 is 0 Å². The van der Waals surface area contributed by atoms with Crippen molar-refractivity contribution < 1.29 is 68.2 Å². The summed E-state index contributed by atoms with van der Waals surface area (Å²) in [5, 5.41) is 0. The van der Waals surface area contributed by atoms with Gasteiger partial charge in [0, 0.05) is 0 Å². The van der Waals surface area contributed by atoms with Crippen LogP contribution in [0.1, 0.15) is 0 Å². The van der Waals surface area contributed by atoms with Gasteiger partial charge in [0.1, 0.15) is 0 Å². The van der Waals surface area contributed by atoms with E-state index >= 15 is 0 Å². The minimum absolute atomic E-state index is 0. The van der Waals surface area contributed by atoms with Gasteiger partial charge in [-0.05, 0) is 0 Å². The van der Waals surface area contributed by atoms with Gasteiger partial charge in [0.05, 0.1) is 0 Å². The summed E-state index contributed by atoms with van der Waals surface area (Å²) < 4.78 is 39.3. The van der Waals surface area contributed by atoms with E-state index in [4.69, 9.17) is 0 Å². The Hall–Kier alpha value is 1.79. The van der Waals surface area contributed by atoms with Gasteiger partial charge in [0.15, 0.2) is 0 Å². The predicted molar refractivity (Wildman–Crippen MR) is 12.7 cm³/mol. The Labute approximate surface area is 75.5 Å². The summed E-state index contributed by atoms with van der Waals surface area (Å²) in [4.78, 5) is 0. The van der Waals surface area contributed by atoms with E-state index < -0.39 is 8.51 Å². The second-order valence-electron chi connectivity index (χ2n) is 0.429. The van der Waals surface area contributed by atoms with Gasteiger partial charge in [-0.25, -0.2) is 0 Å². The topological polar surface area (TPSA) is 0 Å². The summed E-state index contributed by atoms with van der Waals surface area (Å²) in [6.07, 6.45) is 0. The number of halogens is 4. The van der Waals surface area contributed by atoms with Crippen LogP contribution in [0.5, 0.6) is 0 Å². The molecule has 0 aromatic heterocycles. The van der Waals surface area contributed by atoms with E-state index in [1.807, 2.05) is 0 Å². The average molecular weight is 147 g/mol. The van der Waals surface area contributed by atoms with Crippen molar-refractivity contribution in [1.82, 2.24) is 0 Å². The average Bonchev–Trinajstić information content (AvgIpc) is 0.722. The van der Waals surface area contributed by atoms with Crippen molar-refractivity contribution in [2.24, 2.45) is 0 Å². The van der Waals surface area contributed by atoms with Gasteiger partial charge in [-0.2, -0.15) is 0 Å². The Morgan fingerprint density at radius 2 is 0.833 bits per heavy atom. The minimum atomic E-state index is -6.61. The van der Waals surface area contributed by atoms with Gasteiger partial charge >= 0.3 is 76.7 Å². The van der Waals surface area contributed by atoms with Crippen LogP contribution in [0.3, 0.4) is 0 Å². The molecule has 0 atom stereocenters. The van der Waals surface area contributed by atoms with Crippen molar-refractivity contribution in [3.05, 3.63) is 0 Å². The first kappa shape index (κ1) is 10.7. The molecular weight excluding hydrogens is 146 g/mol. The van der Waals surface area contributed by atoms with E-state index in [-0.39, 0.29) is 51.4 Å². The molecule has 6 heavy (non-hydrogen) atoms. The molecule has 0 heterocycles. The molecule has 0 spiro atoms. The quantitative estimate of drug-likeness (QED) is 0.241. The molecule has 6 heteroatoms. The van der Waals surface area contributed by atoms with Gasteiger partial charge in [0.25, 0.3) is 0 Å². The maximum Gasteiger partial charge on any atom is 1.00 e. The predicted octanol–water partition coefficient (Wildman–Crippen LogP) is -0.722. The summed E-state index contributed by atoms with van der Waals surface area (Å²) in [7, 11) is -6.61. The van der Waals surface area contributed by atoms with E-state index in [1.165, 1.54) is 0 Å². The molecule has 0 aliphatic rings. The molecule has 0 rings (SSSR count). The Morgan fingerprint density at radius 3 is 0.833 bits per heavy atom. The fourth-order valence-electron chi connectivity index (χ4n) is 0. The smallest absolute Gasteiger partial charge is 1.00 e. The van der Waals surface area contributed by atoms with Crippen LogP contribution < -0.4 is 51.4 Å². The van der Waals surface area contributed by atoms with Crippen LogP contribution >= 0.6 is 8.51 Å². The second kappa shape index (κ2) is 3.75. The van der Waals surface area contributed by atoms with E-state index in [2.05, 4.69) is 0 Å². The number of hydrogen-bond donors (Lipinski definition) is 0. The maximum atomic E-state index is 9.83. The molecule has 35 valence electrons. The molecule has 0 nitrogen and oxygen atoms in total. The van der Waals surface area contributed by atoms with Crippen LogP contribution in [0.15, 0.2) is 0 Å². The molecule has 0 radical (unpaired) electrons. The molecule has 0 N–H and O–H groups in total. The van der Waals surface area contributed by atoms with E-state index in [0.29, 0.717) is 0 Å². The molecule has 0 amide bonds. The Bertz CT molecular complexity index is 23.0. The zero-order chi connectivity index (χ0) is 4.50. The van der Waals surface area contributed by atoms with Crippen molar-refractivity contribution in [3.8, 4) is 0 Å². The van der Waals surface area contributed by atoms with Crippen LogP contribution in [0, 0.1) is 0 Å². The first-order valence-electron chi connectivity index (χ1n) is 0.756. The molecule has 0 saturated carbocycles. The zero-order valence-corrected chi connectivity index (χ0v) is 7.13. The molecule has 0 bridgehead atoms.